The molecule has 1 atom stereocenters. The highest BCUT2D eigenvalue weighted by molar-refractivity contribution is 6.23. The van der Waals surface area contributed by atoms with Crippen molar-refractivity contribution in [2.75, 3.05) is 5.88 Å². The molecule has 0 bridgehead atoms. The highest BCUT2D eigenvalue weighted by Crippen LogP contribution is 2.31. The molecule has 0 N–H and O–H groups in total. The zero-order valence-corrected chi connectivity index (χ0v) is 11.4. The van der Waals surface area contributed by atoms with Crippen molar-refractivity contribution in [1.82, 2.24) is 4.90 Å². The summed E-state index contributed by atoms with van der Waals surface area (Å²) in [5.41, 5.74) is 1.75. The summed E-state index contributed by atoms with van der Waals surface area (Å²) in [7, 11) is 0. The van der Waals surface area contributed by atoms with Gasteiger partial charge in [-0.05, 0) is 17.7 Å². The number of carbonyl (C=O) groups excluding carboxylic acids is 2. The van der Waals surface area contributed by atoms with E-state index in [1.807, 2.05) is 30.3 Å². The minimum atomic E-state index is -0.440. The van der Waals surface area contributed by atoms with Crippen LogP contribution in [0.1, 0.15) is 32.3 Å². The summed E-state index contributed by atoms with van der Waals surface area (Å²) in [5, 5.41) is 0. The fraction of sp³-hybridized carbons (Fsp3) is 0.125. The number of imide groups is 1. The first-order chi connectivity index (χ1) is 9.74. The Morgan fingerprint density at radius 3 is 1.85 bits per heavy atom. The molecule has 4 heteroatoms. The van der Waals surface area contributed by atoms with E-state index in [4.69, 9.17) is 11.6 Å². The number of amides is 2. The van der Waals surface area contributed by atoms with Crippen LogP contribution in [-0.4, -0.2) is 22.6 Å². The lowest BCUT2D eigenvalue weighted by Gasteiger charge is -2.24. The smallest absolute Gasteiger partial charge is 0.262 e. The molecule has 0 fully saturated rings. The SMILES string of the molecule is O=C1c2ccccc2C(=O)N1[C@H](CCl)c1ccccc1. The van der Waals surface area contributed by atoms with E-state index >= 15 is 0 Å². The minimum Gasteiger partial charge on any atom is -0.269 e. The summed E-state index contributed by atoms with van der Waals surface area (Å²) in [5.74, 6) is -0.379. The van der Waals surface area contributed by atoms with Crippen LogP contribution >= 0.6 is 11.6 Å². The second-order valence-electron chi connectivity index (χ2n) is 4.61. The Balaban J connectivity index is 2.03. The molecule has 3 rings (SSSR count). The van der Waals surface area contributed by atoms with Crippen molar-refractivity contribution in [3.63, 3.8) is 0 Å². The van der Waals surface area contributed by atoms with Gasteiger partial charge < -0.3 is 0 Å². The van der Waals surface area contributed by atoms with E-state index in [9.17, 15) is 9.59 Å². The molecule has 1 heterocycles. The molecule has 2 amide bonds. The van der Waals surface area contributed by atoms with Crippen molar-refractivity contribution in [3.05, 3.63) is 71.3 Å². The number of halogens is 1. The fourth-order valence-electron chi connectivity index (χ4n) is 2.47. The molecule has 0 radical (unpaired) electrons. The Labute approximate surface area is 121 Å². The van der Waals surface area contributed by atoms with E-state index in [-0.39, 0.29) is 17.7 Å². The molecule has 20 heavy (non-hydrogen) atoms. The van der Waals surface area contributed by atoms with Crippen LogP contribution in [0.4, 0.5) is 0 Å². The van der Waals surface area contributed by atoms with Gasteiger partial charge in [0.15, 0.2) is 0 Å². The Morgan fingerprint density at radius 2 is 1.35 bits per heavy atom. The summed E-state index contributed by atoms with van der Waals surface area (Å²) < 4.78 is 0. The van der Waals surface area contributed by atoms with Gasteiger partial charge in [-0.15, -0.1) is 11.6 Å². The largest absolute Gasteiger partial charge is 0.269 e. The van der Waals surface area contributed by atoms with Gasteiger partial charge >= 0.3 is 0 Å². The van der Waals surface area contributed by atoms with E-state index < -0.39 is 6.04 Å². The molecule has 0 spiro atoms. The number of carbonyl (C=O) groups is 2. The Morgan fingerprint density at radius 1 is 0.850 bits per heavy atom. The molecule has 0 saturated carbocycles. The Bertz CT molecular complexity index is 634. The van der Waals surface area contributed by atoms with Crippen LogP contribution in [0.25, 0.3) is 0 Å². The van der Waals surface area contributed by atoms with E-state index in [2.05, 4.69) is 0 Å². The Hall–Kier alpha value is -2.13. The molecule has 3 nitrogen and oxygen atoms in total. The molecule has 0 aromatic heterocycles. The van der Waals surface area contributed by atoms with Crippen LogP contribution in [-0.2, 0) is 0 Å². The zero-order chi connectivity index (χ0) is 14.1. The predicted molar refractivity (Wildman–Crippen MR) is 76.8 cm³/mol. The van der Waals surface area contributed by atoms with Crippen LogP contribution in [0, 0.1) is 0 Å². The number of fused-ring (bicyclic) bond motifs is 1. The van der Waals surface area contributed by atoms with Crippen molar-refractivity contribution in [2.45, 2.75) is 6.04 Å². The van der Waals surface area contributed by atoms with Gasteiger partial charge in [0.05, 0.1) is 17.2 Å². The number of hydrogen-bond acceptors (Lipinski definition) is 2. The standard InChI is InChI=1S/C16H12ClNO2/c17-10-14(11-6-2-1-3-7-11)18-15(19)12-8-4-5-9-13(12)16(18)20/h1-9,14H,10H2/t14-/m1/s1. The maximum Gasteiger partial charge on any atom is 0.262 e. The molecular weight excluding hydrogens is 274 g/mol. The van der Waals surface area contributed by atoms with Crippen molar-refractivity contribution < 1.29 is 9.59 Å². The summed E-state index contributed by atoms with van der Waals surface area (Å²) in [6.07, 6.45) is 0. The van der Waals surface area contributed by atoms with E-state index in [1.165, 1.54) is 4.90 Å². The molecule has 2 aromatic carbocycles. The zero-order valence-electron chi connectivity index (χ0n) is 10.6. The van der Waals surface area contributed by atoms with Gasteiger partial charge in [-0.3, -0.25) is 14.5 Å². The molecule has 100 valence electrons. The van der Waals surface area contributed by atoms with Crippen LogP contribution in [0.2, 0.25) is 0 Å². The third-order valence-corrected chi connectivity index (χ3v) is 3.76. The van der Waals surface area contributed by atoms with Crippen LogP contribution in [0.5, 0.6) is 0 Å². The lowest BCUT2D eigenvalue weighted by atomic mass is 10.1. The number of nitrogens with zero attached hydrogens (tertiary/aromatic N) is 1. The molecule has 0 unspecified atom stereocenters. The van der Waals surface area contributed by atoms with Gasteiger partial charge in [-0.1, -0.05) is 42.5 Å². The third kappa shape index (κ3) is 1.91. The summed E-state index contributed by atoms with van der Waals surface area (Å²) in [4.78, 5) is 26.1. The average molecular weight is 286 g/mol. The summed E-state index contributed by atoms with van der Waals surface area (Å²) in [6, 6.07) is 15.8. The first kappa shape index (κ1) is 12.9. The average Bonchev–Trinajstić information content (AvgIpc) is 2.75. The normalized spacial score (nSPS) is 15.3. The second-order valence-corrected chi connectivity index (χ2v) is 4.92. The molecule has 2 aromatic rings. The minimum absolute atomic E-state index is 0.176. The van der Waals surface area contributed by atoms with E-state index in [0.29, 0.717) is 11.1 Å². The lowest BCUT2D eigenvalue weighted by Crippen LogP contribution is -2.35. The van der Waals surface area contributed by atoms with Crippen LogP contribution < -0.4 is 0 Å². The maximum absolute atomic E-state index is 12.4. The Kier molecular flexibility index (Phi) is 3.28. The van der Waals surface area contributed by atoms with Gasteiger partial charge in [0, 0.05) is 5.88 Å². The van der Waals surface area contributed by atoms with Crippen LogP contribution in [0.3, 0.4) is 0 Å². The van der Waals surface area contributed by atoms with Gasteiger partial charge in [-0.2, -0.15) is 0 Å². The van der Waals surface area contributed by atoms with Crippen molar-refractivity contribution in [1.29, 1.82) is 0 Å². The second kappa shape index (κ2) is 5.10. The first-order valence-corrected chi connectivity index (χ1v) is 6.85. The predicted octanol–water partition coefficient (Wildman–Crippen LogP) is 3.26. The van der Waals surface area contributed by atoms with Crippen molar-refractivity contribution in [2.24, 2.45) is 0 Å². The lowest BCUT2D eigenvalue weighted by molar-refractivity contribution is 0.0597. The number of benzene rings is 2. The number of hydrogen-bond donors (Lipinski definition) is 0. The van der Waals surface area contributed by atoms with Gasteiger partial charge in [0.1, 0.15) is 0 Å². The fourth-order valence-corrected chi connectivity index (χ4v) is 2.79. The highest BCUT2D eigenvalue weighted by Gasteiger charge is 2.39. The number of rotatable bonds is 3. The summed E-state index contributed by atoms with van der Waals surface area (Å²) >= 11 is 6.01. The van der Waals surface area contributed by atoms with Gasteiger partial charge in [0.2, 0.25) is 0 Å². The van der Waals surface area contributed by atoms with Crippen molar-refractivity contribution >= 4 is 23.4 Å². The molecule has 0 aliphatic carbocycles. The molecule has 0 saturated heterocycles. The topological polar surface area (TPSA) is 37.4 Å². The first-order valence-electron chi connectivity index (χ1n) is 6.32. The third-order valence-electron chi connectivity index (χ3n) is 3.47. The molecule has 1 aliphatic rings. The molecular formula is C16H12ClNO2. The van der Waals surface area contributed by atoms with Gasteiger partial charge in [0.25, 0.3) is 11.8 Å². The molecule has 1 aliphatic heterocycles. The quantitative estimate of drug-likeness (QED) is 0.641. The number of alkyl halides is 1. The monoisotopic (exact) mass is 285 g/mol. The van der Waals surface area contributed by atoms with Crippen molar-refractivity contribution in [3.8, 4) is 0 Å². The highest BCUT2D eigenvalue weighted by atomic mass is 35.5. The van der Waals surface area contributed by atoms with E-state index in [0.717, 1.165) is 5.56 Å². The van der Waals surface area contributed by atoms with E-state index in [1.54, 1.807) is 24.3 Å². The summed E-state index contributed by atoms with van der Waals surface area (Å²) in [6.45, 7) is 0. The van der Waals surface area contributed by atoms with Gasteiger partial charge in [-0.25, -0.2) is 0 Å². The van der Waals surface area contributed by atoms with Crippen LogP contribution in [0.15, 0.2) is 54.6 Å². The maximum atomic E-state index is 12.4.